The fourth-order valence-electron chi connectivity index (χ4n) is 3.55. The number of carbonyl (C=O) groups is 1. The van der Waals surface area contributed by atoms with Gasteiger partial charge in [0.15, 0.2) is 11.0 Å². The second kappa shape index (κ2) is 10.3. The zero-order valence-electron chi connectivity index (χ0n) is 19.3. The van der Waals surface area contributed by atoms with Crippen LogP contribution < -0.4 is 5.32 Å². The van der Waals surface area contributed by atoms with Crippen LogP contribution in [0, 0.1) is 6.92 Å². The maximum atomic E-state index is 12.8. The fraction of sp³-hybridized carbons (Fsp3) is 0.348. The minimum atomic E-state index is -3.57. The van der Waals surface area contributed by atoms with E-state index in [0.29, 0.717) is 37.1 Å². The highest BCUT2D eigenvalue weighted by Crippen LogP contribution is 2.27. The van der Waals surface area contributed by atoms with Crippen molar-refractivity contribution in [3.8, 4) is 11.4 Å². The Morgan fingerprint density at radius 3 is 2.50 bits per heavy atom. The summed E-state index contributed by atoms with van der Waals surface area (Å²) < 4.78 is 34.0. The van der Waals surface area contributed by atoms with Gasteiger partial charge in [-0.25, -0.2) is 8.42 Å². The van der Waals surface area contributed by atoms with Gasteiger partial charge in [0.25, 0.3) is 0 Å². The quantitative estimate of drug-likeness (QED) is 0.496. The molecule has 0 spiro atoms. The van der Waals surface area contributed by atoms with E-state index in [2.05, 4.69) is 15.5 Å². The Morgan fingerprint density at radius 2 is 1.82 bits per heavy atom. The molecule has 0 aliphatic carbocycles. The lowest BCUT2D eigenvalue weighted by atomic mass is 10.1. The number of nitrogens with one attached hydrogen (secondary N) is 1. The van der Waals surface area contributed by atoms with Crippen LogP contribution >= 0.6 is 11.8 Å². The smallest absolute Gasteiger partial charge is 0.243 e. The summed E-state index contributed by atoms with van der Waals surface area (Å²) in [5.74, 6) is 0.518. The minimum Gasteiger partial charge on any atom is -0.379 e. The molecule has 0 saturated carbocycles. The molecule has 34 heavy (non-hydrogen) atoms. The van der Waals surface area contributed by atoms with Gasteiger partial charge in [0, 0.05) is 31.4 Å². The number of anilines is 1. The minimum absolute atomic E-state index is 0.192. The summed E-state index contributed by atoms with van der Waals surface area (Å²) in [6.45, 7) is 5.26. The number of carbonyl (C=O) groups excluding carboxylic acids is 1. The lowest BCUT2D eigenvalue weighted by Gasteiger charge is -2.26. The molecule has 180 valence electrons. The number of nitrogens with zero attached hydrogens (tertiary/aromatic N) is 4. The third-order valence-corrected chi connectivity index (χ3v) is 8.54. The number of thioether (sulfide) groups is 1. The van der Waals surface area contributed by atoms with Crippen LogP contribution in [0.5, 0.6) is 0 Å². The molecule has 0 unspecified atom stereocenters. The van der Waals surface area contributed by atoms with E-state index in [0.717, 1.165) is 17.0 Å². The van der Waals surface area contributed by atoms with Gasteiger partial charge >= 0.3 is 0 Å². The van der Waals surface area contributed by atoms with Gasteiger partial charge in [0.1, 0.15) is 0 Å². The van der Waals surface area contributed by atoms with Gasteiger partial charge in [-0.2, -0.15) is 4.31 Å². The predicted molar refractivity (Wildman–Crippen MR) is 131 cm³/mol. The first-order chi connectivity index (χ1) is 16.3. The van der Waals surface area contributed by atoms with Crippen LogP contribution in [-0.4, -0.2) is 64.9 Å². The highest BCUT2D eigenvalue weighted by Gasteiger charge is 2.26. The zero-order valence-corrected chi connectivity index (χ0v) is 20.9. The highest BCUT2D eigenvalue weighted by molar-refractivity contribution is 8.00. The van der Waals surface area contributed by atoms with Gasteiger partial charge in [0.2, 0.25) is 15.9 Å². The van der Waals surface area contributed by atoms with Gasteiger partial charge in [0.05, 0.1) is 23.4 Å². The average Bonchev–Trinajstić information content (AvgIpc) is 3.20. The number of ether oxygens (including phenoxy) is 1. The molecule has 1 aliphatic heterocycles. The molecule has 2 heterocycles. The average molecular weight is 502 g/mol. The van der Waals surface area contributed by atoms with Crippen molar-refractivity contribution in [3.05, 3.63) is 54.1 Å². The molecule has 9 nitrogen and oxygen atoms in total. The SMILES string of the molecule is Cc1cccc(-c2nnc(S[C@H](C)C(=O)Nc3ccc(S(=O)(=O)N4CCOCC4)cc3)n2C)c1. The summed E-state index contributed by atoms with van der Waals surface area (Å²) in [5.41, 5.74) is 2.62. The van der Waals surface area contributed by atoms with E-state index in [1.165, 1.54) is 28.2 Å². The molecular weight excluding hydrogens is 474 g/mol. The second-order valence-corrected chi connectivity index (χ2v) is 11.3. The summed E-state index contributed by atoms with van der Waals surface area (Å²) >= 11 is 1.31. The number of amides is 1. The summed E-state index contributed by atoms with van der Waals surface area (Å²) in [6.07, 6.45) is 0. The molecule has 1 saturated heterocycles. The molecule has 11 heteroatoms. The molecule has 1 amide bonds. The third kappa shape index (κ3) is 5.33. The number of sulfonamides is 1. The molecule has 2 aromatic carbocycles. The zero-order chi connectivity index (χ0) is 24.3. The normalized spacial score (nSPS) is 15.7. The first-order valence-electron chi connectivity index (χ1n) is 10.9. The van der Waals surface area contributed by atoms with E-state index >= 15 is 0 Å². The van der Waals surface area contributed by atoms with E-state index in [1.807, 2.05) is 42.8 Å². The number of aryl methyl sites for hydroxylation is 1. The van der Waals surface area contributed by atoms with Crippen molar-refractivity contribution in [1.82, 2.24) is 19.1 Å². The van der Waals surface area contributed by atoms with Crippen LogP contribution in [0.2, 0.25) is 0 Å². The maximum absolute atomic E-state index is 12.8. The van der Waals surface area contributed by atoms with Crippen molar-refractivity contribution < 1.29 is 17.9 Å². The third-order valence-electron chi connectivity index (χ3n) is 5.49. The predicted octanol–water partition coefficient (Wildman–Crippen LogP) is 2.93. The standard InChI is InChI=1S/C23H27N5O4S2/c1-16-5-4-6-18(15-16)21-25-26-23(27(21)3)33-17(2)22(29)24-19-7-9-20(10-8-19)34(30,31)28-11-13-32-14-12-28/h4-10,15,17H,11-14H2,1-3H3,(H,24,29)/t17-/m1/s1. The Kier molecular flexibility index (Phi) is 7.36. The number of aromatic nitrogens is 3. The van der Waals surface area contributed by atoms with E-state index in [1.54, 1.807) is 19.1 Å². The number of hydrogen-bond acceptors (Lipinski definition) is 7. The first-order valence-corrected chi connectivity index (χ1v) is 13.2. The monoisotopic (exact) mass is 501 g/mol. The topological polar surface area (TPSA) is 106 Å². The van der Waals surface area contributed by atoms with Gasteiger partial charge in [-0.1, -0.05) is 35.5 Å². The van der Waals surface area contributed by atoms with Crippen LogP contribution in [0.25, 0.3) is 11.4 Å². The van der Waals surface area contributed by atoms with Gasteiger partial charge < -0.3 is 14.6 Å². The van der Waals surface area contributed by atoms with Gasteiger partial charge in [-0.15, -0.1) is 10.2 Å². The van der Waals surface area contributed by atoms with E-state index in [4.69, 9.17) is 4.74 Å². The number of morpholine rings is 1. The maximum Gasteiger partial charge on any atom is 0.243 e. The molecule has 0 radical (unpaired) electrons. The molecule has 1 N–H and O–H groups in total. The van der Waals surface area contributed by atoms with E-state index in [-0.39, 0.29) is 10.8 Å². The lowest BCUT2D eigenvalue weighted by molar-refractivity contribution is -0.115. The second-order valence-electron chi connectivity index (χ2n) is 8.02. The van der Waals surface area contributed by atoms with Crippen LogP contribution in [0.15, 0.2) is 58.6 Å². The van der Waals surface area contributed by atoms with E-state index in [9.17, 15) is 13.2 Å². The van der Waals surface area contributed by atoms with Crippen molar-refractivity contribution in [2.75, 3.05) is 31.6 Å². The van der Waals surface area contributed by atoms with Crippen molar-refractivity contribution >= 4 is 33.4 Å². The Hall–Kier alpha value is -2.73. The Balaban J connectivity index is 1.39. The van der Waals surface area contributed by atoms with Crippen molar-refractivity contribution in [2.24, 2.45) is 7.05 Å². The number of hydrogen-bond donors (Lipinski definition) is 1. The summed E-state index contributed by atoms with van der Waals surface area (Å²) in [5, 5.41) is 11.6. The van der Waals surface area contributed by atoms with Crippen LogP contribution in [0.1, 0.15) is 12.5 Å². The summed E-state index contributed by atoms with van der Waals surface area (Å²) in [6, 6.07) is 14.2. The van der Waals surface area contributed by atoms with Gasteiger partial charge in [-0.05, 0) is 44.2 Å². The Labute approximate surface area is 203 Å². The summed E-state index contributed by atoms with van der Waals surface area (Å²) in [7, 11) is -1.70. The van der Waals surface area contributed by atoms with Gasteiger partial charge in [-0.3, -0.25) is 4.79 Å². The number of rotatable bonds is 7. The van der Waals surface area contributed by atoms with Crippen LogP contribution in [0.3, 0.4) is 0 Å². The van der Waals surface area contributed by atoms with Crippen molar-refractivity contribution in [3.63, 3.8) is 0 Å². The van der Waals surface area contributed by atoms with Crippen molar-refractivity contribution in [1.29, 1.82) is 0 Å². The van der Waals surface area contributed by atoms with Crippen molar-refractivity contribution in [2.45, 2.75) is 29.1 Å². The molecule has 1 fully saturated rings. The molecule has 0 bridgehead atoms. The molecule has 1 aliphatic rings. The summed E-state index contributed by atoms with van der Waals surface area (Å²) in [4.78, 5) is 12.9. The van der Waals surface area contributed by atoms with E-state index < -0.39 is 15.3 Å². The fourth-order valence-corrected chi connectivity index (χ4v) is 5.78. The lowest BCUT2D eigenvalue weighted by Crippen LogP contribution is -2.40. The molecule has 3 aromatic rings. The van der Waals surface area contributed by atoms with Crippen LogP contribution in [0.4, 0.5) is 5.69 Å². The molecule has 1 atom stereocenters. The molecule has 4 rings (SSSR count). The van der Waals surface area contributed by atoms with Crippen LogP contribution in [-0.2, 0) is 26.6 Å². The Morgan fingerprint density at radius 1 is 1.12 bits per heavy atom. The molecule has 1 aromatic heterocycles. The largest absolute Gasteiger partial charge is 0.379 e. The Bertz CT molecular complexity index is 1270. The number of benzene rings is 2. The first kappa shape index (κ1) is 24.4. The highest BCUT2D eigenvalue weighted by atomic mass is 32.2. The molecular formula is C23H27N5O4S2.